The number of amides is 3. The van der Waals surface area contributed by atoms with Gasteiger partial charge in [0.15, 0.2) is 5.96 Å². The largest absolute Gasteiger partial charge is 0.480 e. The molecule has 0 aliphatic heterocycles. The number of nitrogens with two attached hydrogens (primary N) is 4. The molecule has 1 aromatic carbocycles. The van der Waals surface area contributed by atoms with Crippen LogP contribution in [0.25, 0.3) is 10.9 Å². The first kappa shape index (κ1) is 26.1. The highest BCUT2D eigenvalue weighted by Gasteiger charge is 2.29. The maximum atomic E-state index is 13.0. The minimum atomic E-state index is -1.26. The van der Waals surface area contributed by atoms with Gasteiger partial charge < -0.3 is 43.7 Å². The van der Waals surface area contributed by atoms with Crippen molar-refractivity contribution in [3.8, 4) is 0 Å². The predicted molar refractivity (Wildman–Crippen MR) is 125 cm³/mol. The standard InChI is InChI=1S/C21H30N8O5/c22-13(9-17(23)30)18(31)29-16(8-11-10-27-14-5-2-1-4-12(11)14)19(32)28-15(20(33)34)6-3-7-26-21(24)25/h1-2,4-5,10,13,15-16,27H,3,6-9,22H2,(H2,23,30)(H,28,32)(H,29,31)(H,33,34)(H4,24,25,26). The fourth-order valence-electron chi connectivity index (χ4n) is 3.35. The average molecular weight is 475 g/mol. The zero-order valence-electron chi connectivity index (χ0n) is 18.5. The van der Waals surface area contributed by atoms with Crippen molar-refractivity contribution in [2.24, 2.45) is 27.9 Å². The Hall–Kier alpha value is -4.13. The molecule has 0 aliphatic carbocycles. The summed E-state index contributed by atoms with van der Waals surface area (Å²) in [6.45, 7) is 0.194. The van der Waals surface area contributed by atoms with Gasteiger partial charge in [-0.3, -0.25) is 19.4 Å². The molecule has 13 heteroatoms. The van der Waals surface area contributed by atoms with E-state index < -0.39 is 48.2 Å². The summed E-state index contributed by atoms with van der Waals surface area (Å²) in [4.78, 5) is 55.2. The molecule has 2 rings (SSSR count). The normalized spacial score (nSPS) is 13.4. The lowest BCUT2D eigenvalue weighted by atomic mass is 10.0. The van der Waals surface area contributed by atoms with E-state index >= 15 is 0 Å². The summed E-state index contributed by atoms with van der Waals surface area (Å²) in [6, 6.07) is 3.72. The smallest absolute Gasteiger partial charge is 0.326 e. The van der Waals surface area contributed by atoms with Crippen molar-refractivity contribution in [1.82, 2.24) is 15.6 Å². The highest BCUT2D eigenvalue weighted by atomic mass is 16.4. The monoisotopic (exact) mass is 474 g/mol. The quantitative estimate of drug-likeness (QED) is 0.0915. The number of carbonyl (C=O) groups excluding carboxylic acids is 3. The highest BCUT2D eigenvalue weighted by Crippen LogP contribution is 2.19. The van der Waals surface area contributed by atoms with Gasteiger partial charge in [0.05, 0.1) is 12.5 Å². The van der Waals surface area contributed by atoms with Crippen LogP contribution in [0.4, 0.5) is 0 Å². The Kier molecular flexibility index (Phi) is 9.38. The van der Waals surface area contributed by atoms with Crippen molar-refractivity contribution in [2.75, 3.05) is 6.54 Å². The number of H-pyrrole nitrogens is 1. The molecular formula is C21H30N8O5. The first-order valence-corrected chi connectivity index (χ1v) is 10.6. The van der Waals surface area contributed by atoms with Crippen LogP contribution in [0.1, 0.15) is 24.8 Å². The van der Waals surface area contributed by atoms with Crippen molar-refractivity contribution < 1.29 is 24.3 Å². The summed E-state index contributed by atoms with van der Waals surface area (Å²) in [7, 11) is 0. The molecule has 3 atom stereocenters. The Labute approximate surface area is 195 Å². The summed E-state index contributed by atoms with van der Waals surface area (Å²) in [5, 5.41) is 15.3. The molecule has 0 saturated heterocycles. The predicted octanol–water partition coefficient (Wildman–Crippen LogP) is -1.98. The van der Waals surface area contributed by atoms with E-state index in [0.717, 1.165) is 16.5 Å². The number of fused-ring (bicyclic) bond motifs is 1. The number of nitrogens with one attached hydrogen (secondary N) is 3. The number of aromatic amines is 1. The van der Waals surface area contributed by atoms with Gasteiger partial charge in [0.25, 0.3) is 0 Å². The molecular weight excluding hydrogens is 444 g/mol. The van der Waals surface area contributed by atoms with Gasteiger partial charge in [-0.15, -0.1) is 0 Å². The average Bonchev–Trinajstić information content (AvgIpc) is 3.17. The lowest BCUT2D eigenvalue weighted by Crippen LogP contribution is -2.55. The summed E-state index contributed by atoms with van der Waals surface area (Å²) >= 11 is 0. The topological polar surface area (TPSA) is 245 Å². The number of benzene rings is 1. The molecule has 3 unspecified atom stereocenters. The van der Waals surface area contributed by atoms with E-state index in [1.165, 1.54) is 0 Å². The van der Waals surface area contributed by atoms with Crippen molar-refractivity contribution in [2.45, 2.75) is 43.8 Å². The number of rotatable bonds is 13. The molecule has 1 heterocycles. The van der Waals surface area contributed by atoms with E-state index in [-0.39, 0.29) is 25.3 Å². The number of primary amides is 1. The molecule has 0 saturated carbocycles. The van der Waals surface area contributed by atoms with Crippen LogP contribution in [0.5, 0.6) is 0 Å². The summed E-state index contributed by atoms with van der Waals surface area (Å²) in [6.07, 6.45) is 1.70. The molecule has 13 nitrogen and oxygen atoms in total. The number of carbonyl (C=O) groups is 4. The number of hydrogen-bond acceptors (Lipinski definition) is 6. The van der Waals surface area contributed by atoms with Crippen molar-refractivity contribution in [3.63, 3.8) is 0 Å². The van der Waals surface area contributed by atoms with E-state index in [1.54, 1.807) is 6.20 Å². The molecule has 1 aromatic heterocycles. The fourth-order valence-corrected chi connectivity index (χ4v) is 3.35. The van der Waals surface area contributed by atoms with Gasteiger partial charge in [0.1, 0.15) is 12.1 Å². The molecule has 0 radical (unpaired) electrons. The van der Waals surface area contributed by atoms with Gasteiger partial charge in [-0.05, 0) is 24.5 Å². The molecule has 0 bridgehead atoms. The number of aliphatic carboxylic acids is 1. The Morgan fingerprint density at radius 3 is 2.35 bits per heavy atom. The van der Waals surface area contributed by atoms with Crippen LogP contribution in [0, 0.1) is 0 Å². The molecule has 0 spiro atoms. The lowest BCUT2D eigenvalue weighted by molar-refractivity contribution is -0.142. The summed E-state index contributed by atoms with van der Waals surface area (Å²) < 4.78 is 0. The Balaban J connectivity index is 2.19. The molecule has 0 fully saturated rings. The minimum absolute atomic E-state index is 0.0468. The second-order valence-corrected chi connectivity index (χ2v) is 7.75. The first-order valence-electron chi connectivity index (χ1n) is 10.6. The molecule has 184 valence electrons. The Morgan fingerprint density at radius 1 is 1.03 bits per heavy atom. The van der Waals surface area contributed by atoms with Crippen molar-refractivity contribution >= 4 is 40.6 Å². The van der Waals surface area contributed by atoms with Gasteiger partial charge in [-0.2, -0.15) is 0 Å². The molecule has 3 amide bonds. The van der Waals surface area contributed by atoms with Crippen LogP contribution in [-0.2, 0) is 25.6 Å². The third-order valence-electron chi connectivity index (χ3n) is 5.05. The fraction of sp³-hybridized carbons (Fsp3) is 0.381. The van der Waals surface area contributed by atoms with E-state index in [0.29, 0.717) is 6.42 Å². The Morgan fingerprint density at radius 2 is 1.71 bits per heavy atom. The molecule has 12 N–H and O–H groups in total. The second-order valence-electron chi connectivity index (χ2n) is 7.75. The number of para-hydroxylation sites is 1. The SMILES string of the molecule is NC(=O)CC(N)C(=O)NC(Cc1c[nH]c2ccccc12)C(=O)NC(CCCN=C(N)N)C(=O)O. The number of carboxylic acid groups (broad SMARTS) is 1. The number of carboxylic acids is 1. The van der Waals surface area contributed by atoms with E-state index in [1.807, 2.05) is 24.3 Å². The Bertz CT molecular complexity index is 1060. The minimum Gasteiger partial charge on any atom is -0.480 e. The van der Waals surface area contributed by atoms with E-state index in [4.69, 9.17) is 22.9 Å². The van der Waals surface area contributed by atoms with Crippen LogP contribution in [0.2, 0.25) is 0 Å². The number of hydrogen-bond donors (Lipinski definition) is 8. The maximum absolute atomic E-state index is 13.0. The summed E-state index contributed by atoms with van der Waals surface area (Å²) in [5.41, 5.74) is 22.9. The zero-order valence-corrected chi connectivity index (χ0v) is 18.5. The molecule has 34 heavy (non-hydrogen) atoms. The molecule has 0 aliphatic rings. The van der Waals surface area contributed by atoms with Gasteiger partial charge in [0, 0.05) is 30.1 Å². The zero-order chi connectivity index (χ0) is 25.3. The number of nitrogens with zero attached hydrogens (tertiary/aromatic N) is 1. The third kappa shape index (κ3) is 7.78. The van der Waals surface area contributed by atoms with E-state index in [9.17, 15) is 24.3 Å². The van der Waals surface area contributed by atoms with Gasteiger partial charge in [-0.25, -0.2) is 4.79 Å². The number of aromatic nitrogens is 1. The van der Waals surface area contributed by atoms with Gasteiger partial charge in [0.2, 0.25) is 17.7 Å². The van der Waals surface area contributed by atoms with Gasteiger partial charge in [-0.1, -0.05) is 18.2 Å². The first-order chi connectivity index (χ1) is 16.1. The van der Waals surface area contributed by atoms with Crippen LogP contribution in [0.3, 0.4) is 0 Å². The third-order valence-corrected chi connectivity index (χ3v) is 5.05. The van der Waals surface area contributed by atoms with Gasteiger partial charge >= 0.3 is 5.97 Å². The highest BCUT2D eigenvalue weighted by molar-refractivity contribution is 5.94. The van der Waals surface area contributed by atoms with Crippen LogP contribution >= 0.6 is 0 Å². The molecule has 2 aromatic rings. The van der Waals surface area contributed by atoms with Crippen molar-refractivity contribution in [1.29, 1.82) is 0 Å². The number of guanidine groups is 1. The summed E-state index contributed by atoms with van der Waals surface area (Å²) in [5.74, 6) is -3.63. The number of aliphatic imine (C=N–C) groups is 1. The van der Waals surface area contributed by atoms with Crippen LogP contribution < -0.4 is 33.6 Å². The van der Waals surface area contributed by atoms with Crippen LogP contribution in [0.15, 0.2) is 35.5 Å². The van der Waals surface area contributed by atoms with Crippen molar-refractivity contribution in [3.05, 3.63) is 36.0 Å². The van der Waals surface area contributed by atoms with Crippen LogP contribution in [-0.4, -0.2) is 64.4 Å². The lowest BCUT2D eigenvalue weighted by Gasteiger charge is -2.22. The van der Waals surface area contributed by atoms with E-state index in [2.05, 4.69) is 20.6 Å². The second kappa shape index (κ2) is 12.2. The maximum Gasteiger partial charge on any atom is 0.326 e.